The molecule has 0 aliphatic rings. The number of carbonyl (C=O) groups excluding carboxylic acids is 1. The Morgan fingerprint density at radius 1 is 0.800 bits per heavy atom. The van der Waals surface area contributed by atoms with Gasteiger partial charge in [0.05, 0.1) is 18.9 Å². The van der Waals surface area contributed by atoms with Gasteiger partial charge in [-0.15, -0.1) is 0 Å². The number of benzene rings is 1. The molecule has 0 aliphatic heterocycles. The quantitative estimate of drug-likeness (QED) is 0.251. The van der Waals surface area contributed by atoms with Gasteiger partial charge in [0.25, 0.3) is 0 Å². The van der Waals surface area contributed by atoms with Crippen molar-refractivity contribution in [3.63, 3.8) is 0 Å². The Kier molecular flexibility index (Phi) is 15.8. The van der Waals surface area contributed by atoms with E-state index in [1.165, 1.54) is 71.3 Å². The summed E-state index contributed by atoms with van der Waals surface area (Å²) in [6.45, 7) is 5.81. The maximum atomic E-state index is 12.0. The lowest BCUT2D eigenvalue weighted by Gasteiger charge is -2.15. The van der Waals surface area contributed by atoms with Crippen LogP contribution in [-0.4, -0.2) is 32.8 Å². The Morgan fingerprint density at radius 3 is 1.97 bits per heavy atom. The molecule has 0 bridgehead atoms. The van der Waals surface area contributed by atoms with Crippen LogP contribution < -0.4 is 14.8 Å². The lowest BCUT2D eigenvalue weighted by Crippen LogP contribution is -2.18. The van der Waals surface area contributed by atoms with E-state index in [-0.39, 0.29) is 12.5 Å². The number of ether oxygens (including phenoxy) is 3. The minimum absolute atomic E-state index is 0.0136. The Hall–Kier alpha value is -1.75. The molecule has 0 radical (unpaired) electrons. The van der Waals surface area contributed by atoms with Crippen molar-refractivity contribution in [1.29, 1.82) is 0 Å². The molecule has 0 atom stereocenters. The molecule has 1 N–H and O–H groups in total. The SMILES string of the molecule is CCCCCCCCOc1ccc(OCCCCCCCC)c(NC(=O)COC)c1. The standard InChI is InChI=1S/C25H43NO4/c1-4-6-8-10-12-14-18-29-22-16-17-24(23(20-22)26-25(27)21-28-3)30-19-15-13-11-9-7-5-2/h16-17,20H,4-15,18-19,21H2,1-3H3,(H,26,27). The summed E-state index contributed by atoms with van der Waals surface area (Å²) in [6.07, 6.45) is 14.7. The Bertz CT molecular complexity index is 562. The van der Waals surface area contributed by atoms with E-state index in [4.69, 9.17) is 14.2 Å². The van der Waals surface area contributed by atoms with Gasteiger partial charge in [-0.25, -0.2) is 0 Å². The van der Waals surface area contributed by atoms with Crippen LogP contribution in [0.3, 0.4) is 0 Å². The van der Waals surface area contributed by atoms with E-state index in [1.807, 2.05) is 18.2 Å². The van der Waals surface area contributed by atoms with Gasteiger partial charge in [-0.3, -0.25) is 4.79 Å². The fraction of sp³-hybridized carbons (Fsp3) is 0.720. The van der Waals surface area contributed by atoms with Crippen molar-refractivity contribution in [1.82, 2.24) is 0 Å². The first-order valence-electron chi connectivity index (χ1n) is 11.9. The molecule has 0 spiro atoms. The smallest absolute Gasteiger partial charge is 0.250 e. The summed E-state index contributed by atoms with van der Waals surface area (Å²) < 4.78 is 16.8. The molecule has 30 heavy (non-hydrogen) atoms. The monoisotopic (exact) mass is 421 g/mol. The van der Waals surface area contributed by atoms with E-state index in [2.05, 4.69) is 19.2 Å². The third-order valence-corrected chi connectivity index (χ3v) is 5.02. The highest BCUT2D eigenvalue weighted by Gasteiger charge is 2.10. The normalized spacial score (nSPS) is 10.8. The number of hydrogen-bond donors (Lipinski definition) is 1. The van der Waals surface area contributed by atoms with E-state index in [0.29, 0.717) is 24.7 Å². The highest BCUT2D eigenvalue weighted by Crippen LogP contribution is 2.30. The summed E-state index contributed by atoms with van der Waals surface area (Å²) >= 11 is 0. The Labute approximate surface area is 183 Å². The van der Waals surface area contributed by atoms with Crippen molar-refractivity contribution in [2.75, 3.05) is 32.2 Å². The molecule has 0 fully saturated rings. The number of methoxy groups -OCH3 is 1. The molecular weight excluding hydrogens is 378 g/mol. The number of anilines is 1. The largest absolute Gasteiger partial charge is 0.494 e. The van der Waals surface area contributed by atoms with E-state index in [0.717, 1.165) is 18.6 Å². The average Bonchev–Trinajstić information content (AvgIpc) is 2.74. The topological polar surface area (TPSA) is 56.8 Å². The lowest BCUT2D eigenvalue weighted by atomic mass is 10.1. The molecule has 5 nitrogen and oxygen atoms in total. The maximum absolute atomic E-state index is 12.0. The molecule has 0 heterocycles. The van der Waals surface area contributed by atoms with Crippen molar-refractivity contribution >= 4 is 11.6 Å². The molecular formula is C25H43NO4. The van der Waals surface area contributed by atoms with E-state index >= 15 is 0 Å². The fourth-order valence-electron chi connectivity index (χ4n) is 3.28. The minimum atomic E-state index is -0.199. The summed E-state index contributed by atoms with van der Waals surface area (Å²) in [4.78, 5) is 12.0. The molecule has 1 aromatic rings. The van der Waals surface area contributed by atoms with Crippen LogP contribution in [0.1, 0.15) is 90.9 Å². The predicted molar refractivity (Wildman–Crippen MR) is 125 cm³/mol. The van der Waals surface area contributed by atoms with Crippen LogP contribution in [0.4, 0.5) is 5.69 Å². The van der Waals surface area contributed by atoms with Gasteiger partial charge in [0.15, 0.2) is 0 Å². The second-order valence-electron chi connectivity index (χ2n) is 7.87. The zero-order chi connectivity index (χ0) is 21.9. The molecule has 5 heteroatoms. The molecule has 0 saturated heterocycles. The highest BCUT2D eigenvalue weighted by molar-refractivity contribution is 5.93. The molecule has 0 unspecified atom stereocenters. The maximum Gasteiger partial charge on any atom is 0.250 e. The van der Waals surface area contributed by atoms with Gasteiger partial charge in [-0.2, -0.15) is 0 Å². The summed E-state index contributed by atoms with van der Waals surface area (Å²) in [5.74, 6) is 1.23. The van der Waals surface area contributed by atoms with Gasteiger partial charge in [-0.05, 0) is 25.0 Å². The first-order chi connectivity index (χ1) is 14.7. The highest BCUT2D eigenvalue weighted by atomic mass is 16.5. The molecule has 0 aliphatic carbocycles. The molecule has 0 aromatic heterocycles. The summed E-state index contributed by atoms with van der Waals surface area (Å²) in [6, 6.07) is 5.65. The Balaban J connectivity index is 2.50. The number of carbonyl (C=O) groups is 1. The zero-order valence-electron chi connectivity index (χ0n) is 19.5. The van der Waals surface area contributed by atoms with Gasteiger partial charge in [0, 0.05) is 13.2 Å². The summed E-state index contributed by atoms with van der Waals surface area (Å²) in [7, 11) is 1.51. The van der Waals surface area contributed by atoms with Gasteiger partial charge in [-0.1, -0.05) is 78.1 Å². The second kappa shape index (κ2) is 18.1. The number of nitrogens with one attached hydrogen (secondary N) is 1. The van der Waals surface area contributed by atoms with Crippen molar-refractivity contribution < 1.29 is 19.0 Å². The van der Waals surface area contributed by atoms with Crippen LogP contribution in [0.2, 0.25) is 0 Å². The average molecular weight is 422 g/mol. The number of amides is 1. The van der Waals surface area contributed by atoms with Gasteiger partial charge in [0.2, 0.25) is 5.91 Å². The third-order valence-electron chi connectivity index (χ3n) is 5.02. The van der Waals surface area contributed by atoms with Crippen LogP contribution in [0.15, 0.2) is 18.2 Å². The fourth-order valence-corrected chi connectivity index (χ4v) is 3.28. The molecule has 1 rings (SSSR count). The van der Waals surface area contributed by atoms with Crippen LogP contribution in [0.5, 0.6) is 11.5 Å². The van der Waals surface area contributed by atoms with Gasteiger partial charge < -0.3 is 19.5 Å². The number of unbranched alkanes of at least 4 members (excludes halogenated alkanes) is 10. The van der Waals surface area contributed by atoms with Crippen LogP contribution in [0, 0.1) is 0 Å². The van der Waals surface area contributed by atoms with E-state index in [1.54, 1.807) is 0 Å². The molecule has 1 amide bonds. The second-order valence-corrected chi connectivity index (χ2v) is 7.87. The van der Waals surface area contributed by atoms with Crippen LogP contribution in [0.25, 0.3) is 0 Å². The third kappa shape index (κ3) is 12.7. The van der Waals surface area contributed by atoms with Crippen molar-refractivity contribution in [3.8, 4) is 11.5 Å². The van der Waals surface area contributed by atoms with Crippen molar-refractivity contribution in [3.05, 3.63) is 18.2 Å². The summed E-state index contributed by atoms with van der Waals surface area (Å²) in [5.41, 5.74) is 0.642. The van der Waals surface area contributed by atoms with Crippen molar-refractivity contribution in [2.45, 2.75) is 90.9 Å². The number of hydrogen-bond acceptors (Lipinski definition) is 4. The predicted octanol–water partition coefficient (Wildman–Crippen LogP) is 6.75. The van der Waals surface area contributed by atoms with Crippen LogP contribution in [-0.2, 0) is 9.53 Å². The van der Waals surface area contributed by atoms with Crippen molar-refractivity contribution in [2.24, 2.45) is 0 Å². The molecule has 172 valence electrons. The lowest BCUT2D eigenvalue weighted by molar-refractivity contribution is -0.119. The van der Waals surface area contributed by atoms with Crippen LogP contribution >= 0.6 is 0 Å². The number of rotatable bonds is 19. The minimum Gasteiger partial charge on any atom is -0.494 e. The Morgan fingerprint density at radius 2 is 1.37 bits per heavy atom. The zero-order valence-corrected chi connectivity index (χ0v) is 19.5. The first kappa shape index (κ1) is 26.3. The van der Waals surface area contributed by atoms with Gasteiger partial charge in [0.1, 0.15) is 18.1 Å². The first-order valence-corrected chi connectivity index (χ1v) is 11.9. The van der Waals surface area contributed by atoms with E-state index in [9.17, 15) is 4.79 Å². The molecule has 0 saturated carbocycles. The summed E-state index contributed by atoms with van der Waals surface area (Å²) in [5, 5.41) is 2.88. The van der Waals surface area contributed by atoms with E-state index < -0.39 is 0 Å². The van der Waals surface area contributed by atoms with Gasteiger partial charge >= 0.3 is 0 Å². The molecule has 1 aromatic carbocycles.